The molecule has 0 aliphatic rings. The molecule has 2 N–H and O–H groups in total. The number of aromatic carboxylic acids is 1. The molecule has 0 fully saturated rings. The van der Waals surface area contributed by atoms with Crippen molar-refractivity contribution in [2.75, 3.05) is 23.8 Å². The number of halogens is 1. The second-order valence-corrected chi connectivity index (χ2v) is 7.88. The van der Waals surface area contributed by atoms with Crippen LogP contribution in [0.15, 0.2) is 42.5 Å². The third-order valence-electron chi connectivity index (χ3n) is 5.37. The Balaban J connectivity index is 1.85. The second kappa shape index (κ2) is 9.22. The van der Waals surface area contributed by atoms with E-state index in [9.17, 15) is 14.7 Å². The summed E-state index contributed by atoms with van der Waals surface area (Å²) in [6, 6.07) is 11.2. The van der Waals surface area contributed by atoms with E-state index < -0.39 is 5.97 Å². The van der Waals surface area contributed by atoms with Gasteiger partial charge in [0.05, 0.1) is 22.6 Å². The SMILES string of the molecule is Cc1nn(C)c(C)c1CCN(C)c1ccc(C(=O)O)cc1NC(=O)c1ccc(Cl)cc1. The van der Waals surface area contributed by atoms with Crippen LogP contribution in [0.4, 0.5) is 11.4 Å². The molecule has 0 aliphatic heterocycles. The minimum Gasteiger partial charge on any atom is -0.478 e. The monoisotopic (exact) mass is 440 g/mol. The predicted molar refractivity (Wildman–Crippen MR) is 122 cm³/mol. The first-order valence-corrected chi connectivity index (χ1v) is 10.2. The summed E-state index contributed by atoms with van der Waals surface area (Å²) in [7, 11) is 3.83. The van der Waals surface area contributed by atoms with E-state index in [0.29, 0.717) is 22.8 Å². The van der Waals surface area contributed by atoms with Crippen molar-refractivity contribution >= 4 is 34.9 Å². The topological polar surface area (TPSA) is 87.5 Å². The Morgan fingerprint density at radius 2 is 1.77 bits per heavy atom. The fourth-order valence-electron chi connectivity index (χ4n) is 3.48. The lowest BCUT2D eigenvalue weighted by Crippen LogP contribution is -2.23. The van der Waals surface area contributed by atoms with Gasteiger partial charge in [0.25, 0.3) is 5.91 Å². The van der Waals surface area contributed by atoms with Gasteiger partial charge in [-0.2, -0.15) is 5.10 Å². The van der Waals surface area contributed by atoms with E-state index in [-0.39, 0.29) is 11.5 Å². The van der Waals surface area contributed by atoms with Crippen molar-refractivity contribution < 1.29 is 14.7 Å². The summed E-state index contributed by atoms with van der Waals surface area (Å²) < 4.78 is 1.87. The van der Waals surface area contributed by atoms with Gasteiger partial charge in [0.1, 0.15) is 0 Å². The van der Waals surface area contributed by atoms with Crippen LogP contribution in [-0.4, -0.2) is 40.4 Å². The molecule has 3 aromatic rings. The van der Waals surface area contributed by atoms with Gasteiger partial charge in [-0.05, 0) is 68.3 Å². The number of aromatic nitrogens is 2. The van der Waals surface area contributed by atoms with Gasteiger partial charge in [0.15, 0.2) is 0 Å². The number of nitrogens with zero attached hydrogens (tertiary/aromatic N) is 3. The summed E-state index contributed by atoms with van der Waals surface area (Å²) in [5.74, 6) is -1.40. The van der Waals surface area contributed by atoms with Crippen molar-refractivity contribution in [1.29, 1.82) is 0 Å². The standard InChI is InChI=1S/C23H25ClN4O3/c1-14-19(15(2)28(4)26-14)11-12-27(3)21-10-7-17(23(30)31)13-20(21)25-22(29)16-5-8-18(24)9-6-16/h5-10,13H,11-12H2,1-4H3,(H,25,29)(H,30,31). The van der Waals surface area contributed by atoms with Crippen LogP contribution in [0.2, 0.25) is 5.02 Å². The fourth-order valence-corrected chi connectivity index (χ4v) is 3.60. The number of rotatable bonds is 7. The molecular weight excluding hydrogens is 416 g/mol. The molecule has 8 heteroatoms. The van der Waals surface area contributed by atoms with E-state index in [1.807, 2.05) is 37.5 Å². The van der Waals surface area contributed by atoms with Gasteiger partial charge in [0.2, 0.25) is 0 Å². The predicted octanol–water partition coefficient (Wildman–Crippen LogP) is 4.32. The minimum atomic E-state index is -1.06. The molecule has 0 bridgehead atoms. The number of amides is 1. The maximum Gasteiger partial charge on any atom is 0.335 e. The van der Waals surface area contributed by atoms with Crippen LogP contribution in [0.5, 0.6) is 0 Å². The number of anilines is 2. The number of likely N-dealkylation sites (N-methyl/N-ethyl adjacent to an activating group) is 1. The molecule has 0 saturated heterocycles. The number of carbonyl (C=O) groups is 2. The van der Waals surface area contributed by atoms with Gasteiger partial charge in [-0.3, -0.25) is 9.48 Å². The Labute approximate surface area is 186 Å². The van der Waals surface area contributed by atoms with Crippen molar-refractivity contribution in [3.05, 3.63) is 75.6 Å². The highest BCUT2D eigenvalue weighted by Crippen LogP contribution is 2.28. The van der Waals surface area contributed by atoms with E-state index in [1.165, 1.54) is 17.7 Å². The number of aryl methyl sites for hydroxylation is 2. The molecular formula is C23H25ClN4O3. The van der Waals surface area contributed by atoms with E-state index in [2.05, 4.69) is 10.4 Å². The molecule has 0 aliphatic carbocycles. The lowest BCUT2D eigenvalue weighted by Gasteiger charge is -2.23. The number of carboxylic acids is 1. The highest BCUT2D eigenvalue weighted by atomic mass is 35.5. The first-order chi connectivity index (χ1) is 14.7. The summed E-state index contributed by atoms with van der Waals surface area (Å²) in [5, 5.41) is 17.2. The smallest absolute Gasteiger partial charge is 0.335 e. The van der Waals surface area contributed by atoms with Gasteiger partial charge >= 0.3 is 5.97 Å². The van der Waals surface area contributed by atoms with Crippen LogP contribution < -0.4 is 10.2 Å². The molecule has 1 amide bonds. The van der Waals surface area contributed by atoms with Gasteiger partial charge in [0, 0.05) is 36.9 Å². The summed E-state index contributed by atoms with van der Waals surface area (Å²) >= 11 is 5.90. The van der Waals surface area contributed by atoms with Crippen LogP contribution in [0.25, 0.3) is 0 Å². The summed E-state index contributed by atoms with van der Waals surface area (Å²) in [5.41, 5.74) is 4.98. The first kappa shape index (κ1) is 22.4. The average molecular weight is 441 g/mol. The first-order valence-electron chi connectivity index (χ1n) is 9.82. The van der Waals surface area contributed by atoms with Crippen molar-refractivity contribution in [3.63, 3.8) is 0 Å². The maximum atomic E-state index is 12.7. The van der Waals surface area contributed by atoms with Crippen molar-refractivity contribution in [2.45, 2.75) is 20.3 Å². The Morgan fingerprint density at radius 3 is 2.35 bits per heavy atom. The lowest BCUT2D eigenvalue weighted by molar-refractivity contribution is 0.0696. The zero-order chi connectivity index (χ0) is 22.7. The number of benzene rings is 2. The number of nitrogens with one attached hydrogen (secondary N) is 1. The summed E-state index contributed by atoms with van der Waals surface area (Å²) in [6.45, 7) is 4.69. The van der Waals surface area contributed by atoms with Gasteiger partial charge in [-0.25, -0.2) is 4.79 Å². The quantitative estimate of drug-likeness (QED) is 0.571. The lowest BCUT2D eigenvalue weighted by atomic mass is 10.1. The van der Waals surface area contributed by atoms with Crippen molar-refractivity contribution in [3.8, 4) is 0 Å². The van der Waals surface area contributed by atoms with Gasteiger partial charge in [-0.15, -0.1) is 0 Å². The van der Waals surface area contributed by atoms with Crippen molar-refractivity contribution in [1.82, 2.24) is 9.78 Å². The molecule has 0 atom stereocenters. The van der Waals surface area contributed by atoms with E-state index in [0.717, 1.165) is 23.5 Å². The van der Waals surface area contributed by atoms with Crippen LogP contribution in [0.3, 0.4) is 0 Å². The largest absolute Gasteiger partial charge is 0.478 e. The molecule has 2 aromatic carbocycles. The molecule has 1 heterocycles. The number of hydrogen-bond acceptors (Lipinski definition) is 4. The zero-order valence-corrected chi connectivity index (χ0v) is 18.7. The molecule has 0 spiro atoms. The second-order valence-electron chi connectivity index (χ2n) is 7.44. The number of carbonyl (C=O) groups excluding carboxylic acids is 1. The highest BCUT2D eigenvalue weighted by molar-refractivity contribution is 6.30. The maximum absolute atomic E-state index is 12.7. The van der Waals surface area contributed by atoms with Crippen LogP contribution >= 0.6 is 11.6 Å². The Hall–Kier alpha value is -3.32. The number of carboxylic acid groups (broad SMARTS) is 1. The van der Waals surface area contributed by atoms with Crippen LogP contribution in [-0.2, 0) is 13.5 Å². The van der Waals surface area contributed by atoms with Gasteiger partial charge in [-0.1, -0.05) is 11.6 Å². The molecule has 0 radical (unpaired) electrons. The molecule has 1 aromatic heterocycles. The molecule has 162 valence electrons. The third kappa shape index (κ3) is 5.06. The van der Waals surface area contributed by atoms with Crippen molar-refractivity contribution in [2.24, 2.45) is 7.05 Å². The van der Waals surface area contributed by atoms with E-state index in [4.69, 9.17) is 11.6 Å². The molecule has 7 nitrogen and oxygen atoms in total. The van der Waals surface area contributed by atoms with Gasteiger partial charge < -0.3 is 15.3 Å². The molecule has 0 unspecified atom stereocenters. The normalized spacial score (nSPS) is 10.7. The fraction of sp³-hybridized carbons (Fsp3) is 0.261. The minimum absolute atomic E-state index is 0.0995. The molecule has 3 rings (SSSR count). The van der Waals surface area contributed by atoms with E-state index in [1.54, 1.807) is 30.3 Å². The Kier molecular flexibility index (Phi) is 6.65. The Bertz CT molecular complexity index is 1120. The Morgan fingerprint density at radius 1 is 1.13 bits per heavy atom. The number of hydrogen-bond donors (Lipinski definition) is 2. The third-order valence-corrected chi connectivity index (χ3v) is 5.62. The highest BCUT2D eigenvalue weighted by Gasteiger charge is 2.16. The zero-order valence-electron chi connectivity index (χ0n) is 17.9. The summed E-state index contributed by atoms with van der Waals surface area (Å²) in [4.78, 5) is 26.2. The summed E-state index contributed by atoms with van der Waals surface area (Å²) in [6.07, 6.45) is 0.771. The average Bonchev–Trinajstić information content (AvgIpc) is 2.97. The molecule has 0 saturated carbocycles. The van der Waals surface area contributed by atoms with Crippen LogP contribution in [0, 0.1) is 13.8 Å². The van der Waals surface area contributed by atoms with Crippen LogP contribution in [0.1, 0.15) is 37.7 Å². The van der Waals surface area contributed by atoms with E-state index >= 15 is 0 Å². The molecule has 31 heavy (non-hydrogen) atoms.